The van der Waals surface area contributed by atoms with Gasteiger partial charge >= 0.3 is 6.03 Å². The van der Waals surface area contributed by atoms with E-state index in [9.17, 15) is 14.0 Å². The predicted octanol–water partition coefficient (Wildman–Crippen LogP) is 2.47. The number of halogens is 1. The highest BCUT2D eigenvalue weighted by Gasteiger charge is 2.25. The summed E-state index contributed by atoms with van der Waals surface area (Å²) in [7, 11) is 0. The first-order valence-corrected chi connectivity index (χ1v) is 8.23. The summed E-state index contributed by atoms with van der Waals surface area (Å²) in [4.78, 5) is 26.1. The Morgan fingerprint density at radius 2 is 2.19 bits per heavy atom. The average Bonchev–Trinajstić information content (AvgIpc) is 3.28. The average molecular weight is 362 g/mol. The van der Waals surface area contributed by atoms with Gasteiger partial charge in [0.2, 0.25) is 5.91 Å². The van der Waals surface area contributed by atoms with Crippen LogP contribution in [0.1, 0.15) is 12.8 Å². The van der Waals surface area contributed by atoms with Gasteiger partial charge in [-0.05, 0) is 31.0 Å². The van der Waals surface area contributed by atoms with Crippen LogP contribution in [-0.4, -0.2) is 47.8 Å². The second-order valence-electron chi connectivity index (χ2n) is 5.89. The monoisotopic (exact) mass is 362 g/mol. The molecule has 2 heterocycles. The Morgan fingerprint density at radius 3 is 2.88 bits per heavy atom. The number of carbonyl (C=O) groups excluding carboxylic acids is 2. The van der Waals surface area contributed by atoms with Crippen molar-refractivity contribution in [2.24, 2.45) is 0 Å². The minimum absolute atomic E-state index is 0.131. The lowest BCUT2D eigenvalue weighted by Gasteiger charge is -2.25. The summed E-state index contributed by atoms with van der Waals surface area (Å²) in [5.74, 6) is -0.624. The lowest BCUT2D eigenvalue weighted by molar-refractivity contribution is -0.117. The van der Waals surface area contributed by atoms with Crippen LogP contribution in [-0.2, 0) is 9.53 Å². The lowest BCUT2D eigenvalue weighted by Crippen LogP contribution is -2.44. The van der Waals surface area contributed by atoms with Crippen LogP contribution in [0.15, 0.2) is 41.1 Å². The summed E-state index contributed by atoms with van der Waals surface area (Å²) in [6.45, 7) is 0.691. The molecule has 2 N–H and O–H groups in total. The van der Waals surface area contributed by atoms with E-state index in [0.29, 0.717) is 12.3 Å². The number of nitrogens with one attached hydrogen (secondary N) is 2. The zero-order valence-corrected chi connectivity index (χ0v) is 14.0. The Labute approximate surface area is 149 Å². The van der Waals surface area contributed by atoms with Crippen LogP contribution in [0.3, 0.4) is 0 Å². The molecule has 0 aliphatic carbocycles. The van der Waals surface area contributed by atoms with E-state index >= 15 is 0 Å². The quantitative estimate of drug-likeness (QED) is 0.823. The standard InChI is InChI=1S/C17H19FN4O4/c18-12-3-1-4-13(9-12)19-17(24)22(10-14-5-2-7-25-14)11-16(23)20-15-6-8-26-21-15/h1,3-4,6,8-9,14H,2,5,7,10-11H2,(H,19,24)(H,20,21,23). The van der Waals surface area contributed by atoms with Crippen LogP contribution in [0.5, 0.6) is 0 Å². The molecule has 26 heavy (non-hydrogen) atoms. The number of hydrogen-bond donors (Lipinski definition) is 2. The summed E-state index contributed by atoms with van der Waals surface area (Å²) in [6.07, 6.45) is 2.92. The number of anilines is 2. The lowest BCUT2D eigenvalue weighted by atomic mass is 10.2. The Morgan fingerprint density at radius 1 is 1.31 bits per heavy atom. The second-order valence-corrected chi connectivity index (χ2v) is 5.89. The zero-order valence-electron chi connectivity index (χ0n) is 14.0. The number of amides is 3. The van der Waals surface area contributed by atoms with Crippen LogP contribution in [0.4, 0.5) is 20.7 Å². The fourth-order valence-electron chi connectivity index (χ4n) is 2.65. The minimum atomic E-state index is -0.513. The van der Waals surface area contributed by atoms with Gasteiger partial charge in [-0.3, -0.25) is 4.79 Å². The third-order valence-electron chi connectivity index (χ3n) is 3.85. The van der Waals surface area contributed by atoms with E-state index in [1.165, 1.54) is 35.4 Å². The van der Waals surface area contributed by atoms with Crippen molar-refractivity contribution in [2.45, 2.75) is 18.9 Å². The fraction of sp³-hybridized carbons (Fsp3) is 0.353. The highest BCUT2D eigenvalue weighted by molar-refractivity contribution is 5.96. The normalized spacial score (nSPS) is 16.3. The van der Waals surface area contributed by atoms with E-state index in [1.54, 1.807) is 6.07 Å². The predicted molar refractivity (Wildman–Crippen MR) is 91.1 cm³/mol. The Hall–Kier alpha value is -2.94. The molecule has 0 spiro atoms. The van der Waals surface area contributed by atoms with E-state index in [4.69, 9.17) is 4.74 Å². The van der Waals surface area contributed by atoms with Gasteiger partial charge in [-0.15, -0.1) is 0 Å². The van der Waals surface area contributed by atoms with Crippen molar-refractivity contribution in [1.29, 1.82) is 0 Å². The van der Waals surface area contributed by atoms with Crippen molar-refractivity contribution in [3.8, 4) is 0 Å². The SMILES string of the molecule is O=C(CN(CC1CCCO1)C(=O)Nc1cccc(F)c1)Nc1ccon1. The first kappa shape index (κ1) is 17.9. The number of carbonyl (C=O) groups is 2. The number of aromatic nitrogens is 1. The Balaban J connectivity index is 1.65. The van der Waals surface area contributed by atoms with Gasteiger partial charge in [0.1, 0.15) is 18.6 Å². The van der Waals surface area contributed by atoms with E-state index in [2.05, 4.69) is 20.3 Å². The number of nitrogens with zero attached hydrogens (tertiary/aromatic N) is 2. The number of rotatable bonds is 6. The molecule has 1 aliphatic rings. The summed E-state index contributed by atoms with van der Waals surface area (Å²) >= 11 is 0. The van der Waals surface area contributed by atoms with Crippen molar-refractivity contribution in [3.05, 3.63) is 42.4 Å². The van der Waals surface area contributed by atoms with Crippen LogP contribution in [0.2, 0.25) is 0 Å². The Kier molecular flexibility index (Phi) is 5.80. The van der Waals surface area contributed by atoms with E-state index in [1.807, 2.05) is 0 Å². The first-order chi connectivity index (χ1) is 12.6. The van der Waals surface area contributed by atoms with Crippen LogP contribution >= 0.6 is 0 Å². The zero-order chi connectivity index (χ0) is 18.4. The van der Waals surface area contributed by atoms with Crippen molar-refractivity contribution in [1.82, 2.24) is 10.1 Å². The van der Waals surface area contributed by atoms with Crippen LogP contribution < -0.4 is 10.6 Å². The summed E-state index contributed by atoms with van der Waals surface area (Å²) in [5, 5.41) is 8.73. The largest absolute Gasteiger partial charge is 0.376 e. The van der Waals surface area contributed by atoms with Gasteiger partial charge in [-0.1, -0.05) is 11.2 Å². The first-order valence-electron chi connectivity index (χ1n) is 8.23. The van der Waals surface area contributed by atoms with E-state index in [0.717, 1.165) is 12.8 Å². The van der Waals surface area contributed by atoms with Crippen molar-refractivity contribution >= 4 is 23.4 Å². The molecule has 9 heteroatoms. The van der Waals surface area contributed by atoms with Gasteiger partial charge in [0, 0.05) is 24.9 Å². The molecule has 3 amide bonds. The summed E-state index contributed by atoms with van der Waals surface area (Å²) in [5.41, 5.74) is 0.309. The van der Waals surface area contributed by atoms with Crippen LogP contribution in [0, 0.1) is 5.82 Å². The smallest absolute Gasteiger partial charge is 0.322 e. The maximum Gasteiger partial charge on any atom is 0.322 e. The van der Waals surface area contributed by atoms with E-state index in [-0.39, 0.29) is 25.0 Å². The number of urea groups is 1. The molecule has 3 rings (SSSR count). The third kappa shape index (κ3) is 5.03. The molecule has 1 aromatic carbocycles. The molecule has 8 nitrogen and oxygen atoms in total. The summed E-state index contributed by atoms with van der Waals surface area (Å²) < 4.78 is 23.5. The van der Waals surface area contributed by atoms with E-state index < -0.39 is 17.8 Å². The van der Waals surface area contributed by atoms with Gasteiger partial charge in [0.05, 0.1) is 6.10 Å². The van der Waals surface area contributed by atoms with Gasteiger partial charge in [-0.2, -0.15) is 0 Å². The van der Waals surface area contributed by atoms with Gasteiger partial charge in [-0.25, -0.2) is 9.18 Å². The molecule has 0 bridgehead atoms. The molecule has 1 saturated heterocycles. The molecule has 0 saturated carbocycles. The Bertz CT molecular complexity index is 747. The van der Waals surface area contributed by atoms with Crippen molar-refractivity contribution in [3.63, 3.8) is 0 Å². The minimum Gasteiger partial charge on any atom is -0.376 e. The van der Waals surface area contributed by atoms with Crippen LogP contribution in [0.25, 0.3) is 0 Å². The molecule has 0 radical (unpaired) electrons. The highest BCUT2D eigenvalue weighted by Crippen LogP contribution is 2.15. The van der Waals surface area contributed by atoms with Gasteiger partial charge in [0.25, 0.3) is 0 Å². The van der Waals surface area contributed by atoms with Gasteiger partial charge < -0.3 is 24.8 Å². The fourth-order valence-corrected chi connectivity index (χ4v) is 2.65. The number of ether oxygens (including phenoxy) is 1. The van der Waals surface area contributed by atoms with Crippen molar-refractivity contribution < 1.29 is 23.2 Å². The topological polar surface area (TPSA) is 96.7 Å². The molecule has 1 aliphatic heterocycles. The maximum atomic E-state index is 13.3. The maximum absolute atomic E-state index is 13.3. The molecule has 1 atom stereocenters. The molecular formula is C17H19FN4O4. The summed E-state index contributed by atoms with van der Waals surface area (Å²) in [6, 6.07) is 6.53. The molecule has 1 unspecified atom stereocenters. The molecular weight excluding hydrogens is 343 g/mol. The molecule has 1 fully saturated rings. The molecule has 1 aromatic heterocycles. The van der Waals surface area contributed by atoms with Gasteiger partial charge in [0.15, 0.2) is 5.82 Å². The number of benzene rings is 1. The highest BCUT2D eigenvalue weighted by atomic mass is 19.1. The second kappa shape index (κ2) is 8.43. The molecule has 2 aromatic rings. The third-order valence-corrected chi connectivity index (χ3v) is 3.85. The van der Waals surface area contributed by atoms with Crippen molar-refractivity contribution in [2.75, 3.05) is 30.3 Å². The molecule has 138 valence electrons. The number of hydrogen-bond acceptors (Lipinski definition) is 5.